The minimum absolute atomic E-state index is 0.473. The first-order valence-corrected chi connectivity index (χ1v) is 4.10. The van der Waals surface area contributed by atoms with Gasteiger partial charge < -0.3 is 9.84 Å². The van der Waals surface area contributed by atoms with Crippen LogP contribution in [0.2, 0.25) is 0 Å². The van der Waals surface area contributed by atoms with Crippen LogP contribution in [0.5, 0.6) is 0 Å². The van der Waals surface area contributed by atoms with Crippen LogP contribution in [-0.2, 0) is 4.74 Å². The number of hydrogen-bond acceptors (Lipinski definition) is 2. The van der Waals surface area contributed by atoms with Crippen LogP contribution in [0, 0.1) is 5.41 Å². The van der Waals surface area contributed by atoms with E-state index in [1.54, 1.807) is 6.92 Å². The van der Waals surface area contributed by atoms with Gasteiger partial charge in [0.1, 0.15) is 6.10 Å². The molecule has 0 saturated carbocycles. The summed E-state index contributed by atoms with van der Waals surface area (Å²) in [5.74, 6) is 0. The van der Waals surface area contributed by atoms with Crippen molar-refractivity contribution in [1.82, 2.24) is 0 Å². The molecule has 0 spiro atoms. The lowest BCUT2D eigenvalue weighted by Crippen LogP contribution is -2.41. The van der Waals surface area contributed by atoms with E-state index in [-0.39, 0.29) is 0 Å². The highest BCUT2D eigenvalue weighted by Crippen LogP contribution is 2.35. The van der Waals surface area contributed by atoms with Gasteiger partial charge in [0.25, 0.3) is 6.43 Å². The van der Waals surface area contributed by atoms with E-state index in [2.05, 4.69) is 0 Å². The van der Waals surface area contributed by atoms with Crippen LogP contribution < -0.4 is 0 Å². The van der Waals surface area contributed by atoms with E-state index >= 15 is 0 Å². The zero-order valence-electron chi connectivity index (χ0n) is 7.09. The minimum Gasteiger partial charge on any atom is -0.387 e. The fraction of sp³-hybridized carbons (Fsp3) is 1.00. The van der Waals surface area contributed by atoms with Gasteiger partial charge >= 0.3 is 0 Å². The Morgan fingerprint density at radius 1 is 1.33 bits per heavy atom. The molecule has 1 heterocycles. The molecule has 1 saturated heterocycles. The SMILES string of the molecule is CC1(C(O)C(F)F)CCOCC1. The van der Waals surface area contributed by atoms with Crippen molar-refractivity contribution >= 4 is 0 Å². The van der Waals surface area contributed by atoms with Crippen LogP contribution in [0.4, 0.5) is 8.78 Å². The second-order valence-electron chi connectivity index (χ2n) is 3.55. The van der Waals surface area contributed by atoms with Crippen molar-refractivity contribution in [2.45, 2.75) is 32.3 Å². The lowest BCUT2D eigenvalue weighted by Gasteiger charge is -2.37. The fourth-order valence-corrected chi connectivity index (χ4v) is 1.44. The van der Waals surface area contributed by atoms with E-state index in [0.717, 1.165) is 0 Å². The standard InChI is InChI=1S/C8H14F2O2/c1-8(6(11)7(9)10)2-4-12-5-3-8/h6-7,11H,2-5H2,1H3. The molecule has 0 aromatic heterocycles. The topological polar surface area (TPSA) is 29.5 Å². The van der Waals surface area contributed by atoms with Crippen molar-refractivity contribution in [3.05, 3.63) is 0 Å². The van der Waals surface area contributed by atoms with Crippen molar-refractivity contribution in [2.24, 2.45) is 5.41 Å². The van der Waals surface area contributed by atoms with Crippen LogP contribution in [0.25, 0.3) is 0 Å². The summed E-state index contributed by atoms with van der Waals surface area (Å²) in [4.78, 5) is 0. The van der Waals surface area contributed by atoms with Gasteiger partial charge in [-0.15, -0.1) is 0 Å². The molecule has 12 heavy (non-hydrogen) atoms. The molecule has 1 unspecified atom stereocenters. The van der Waals surface area contributed by atoms with Crippen molar-refractivity contribution < 1.29 is 18.6 Å². The van der Waals surface area contributed by atoms with Gasteiger partial charge in [-0.3, -0.25) is 0 Å². The Labute approximate surface area is 70.5 Å². The van der Waals surface area contributed by atoms with E-state index < -0.39 is 17.9 Å². The molecule has 0 amide bonds. The maximum Gasteiger partial charge on any atom is 0.264 e. The molecule has 0 aromatic carbocycles. The second kappa shape index (κ2) is 3.66. The summed E-state index contributed by atoms with van der Waals surface area (Å²) < 4.78 is 29.4. The Kier molecular flexibility index (Phi) is 3.01. The third-order valence-corrected chi connectivity index (χ3v) is 2.59. The summed E-state index contributed by atoms with van der Waals surface area (Å²) >= 11 is 0. The quantitative estimate of drug-likeness (QED) is 0.696. The minimum atomic E-state index is -2.65. The Morgan fingerprint density at radius 3 is 2.25 bits per heavy atom. The van der Waals surface area contributed by atoms with Crippen LogP contribution in [0.15, 0.2) is 0 Å². The number of halogens is 2. The molecule has 1 rings (SSSR count). The average molecular weight is 180 g/mol. The van der Waals surface area contributed by atoms with Crippen molar-refractivity contribution in [3.8, 4) is 0 Å². The van der Waals surface area contributed by atoms with E-state index in [1.165, 1.54) is 0 Å². The summed E-state index contributed by atoms with van der Waals surface area (Å²) in [5, 5.41) is 9.20. The van der Waals surface area contributed by atoms with E-state index in [1.807, 2.05) is 0 Å². The molecule has 1 N–H and O–H groups in total. The molecule has 4 heteroatoms. The third-order valence-electron chi connectivity index (χ3n) is 2.59. The zero-order valence-corrected chi connectivity index (χ0v) is 7.09. The van der Waals surface area contributed by atoms with Crippen molar-refractivity contribution in [2.75, 3.05) is 13.2 Å². The van der Waals surface area contributed by atoms with E-state index in [4.69, 9.17) is 4.74 Å². The molecular formula is C8H14F2O2. The highest BCUT2D eigenvalue weighted by Gasteiger charge is 2.39. The highest BCUT2D eigenvalue weighted by atomic mass is 19.3. The Morgan fingerprint density at radius 2 is 1.83 bits per heavy atom. The molecule has 0 radical (unpaired) electrons. The molecule has 2 nitrogen and oxygen atoms in total. The van der Waals surface area contributed by atoms with Crippen LogP contribution in [0.1, 0.15) is 19.8 Å². The molecule has 72 valence electrons. The highest BCUT2D eigenvalue weighted by molar-refractivity contribution is 4.85. The maximum absolute atomic E-state index is 12.2. The molecule has 0 aromatic rings. The molecular weight excluding hydrogens is 166 g/mol. The molecule has 1 atom stereocenters. The lowest BCUT2D eigenvalue weighted by molar-refractivity contribution is -0.114. The monoisotopic (exact) mass is 180 g/mol. The predicted octanol–water partition coefficient (Wildman–Crippen LogP) is 1.43. The Bertz CT molecular complexity index is 144. The van der Waals surface area contributed by atoms with Gasteiger partial charge in [0.05, 0.1) is 0 Å². The summed E-state index contributed by atoms with van der Waals surface area (Å²) in [6, 6.07) is 0. The first-order chi connectivity index (χ1) is 5.56. The van der Waals surface area contributed by atoms with Crippen molar-refractivity contribution in [3.63, 3.8) is 0 Å². The van der Waals surface area contributed by atoms with Gasteiger partial charge in [0.2, 0.25) is 0 Å². The zero-order chi connectivity index (χ0) is 9.19. The summed E-state index contributed by atoms with van der Waals surface area (Å²) in [6.07, 6.45) is -3.13. The van der Waals surface area contributed by atoms with E-state index in [9.17, 15) is 13.9 Å². The largest absolute Gasteiger partial charge is 0.387 e. The van der Waals surface area contributed by atoms with Crippen LogP contribution in [-0.4, -0.2) is 30.8 Å². The molecule has 1 aliphatic heterocycles. The Hall–Kier alpha value is -0.220. The summed E-state index contributed by atoms with van der Waals surface area (Å²) in [7, 11) is 0. The van der Waals surface area contributed by atoms with Gasteiger partial charge in [-0.1, -0.05) is 6.92 Å². The molecule has 0 aliphatic carbocycles. The summed E-state index contributed by atoms with van der Waals surface area (Å²) in [5.41, 5.74) is -0.660. The fourth-order valence-electron chi connectivity index (χ4n) is 1.44. The lowest BCUT2D eigenvalue weighted by atomic mass is 9.77. The molecule has 1 aliphatic rings. The number of aliphatic hydroxyl groups is 1. The van der Waals surface area contributed by atoms with Crippen molar-refractivity contribution in [1.29, 1.82) is 0 Å². The molecule has 0 bridgehead atoms. The number of aliphatic hydroxyl groups excluding tert-OH is 1. The number of rotatable bonds is 2. The Balaban J connectivity index is 2.56. The summed E-state index contributed by atoms with van der Waals surface area (Å²) in [6.45, 7) is 2.63. The number of hydrogen-bond donors (Lipinski definition) is 1. The van der Waals surface area contributed by atoms with Gasteiger partial charge in [-0.05, 0) is 12.8 Å². The number of alkyl halides is 2. The van der Waals surface area contributed by atoms with Crippen LogP contribution >= 0.6 is 0 Å². The predicted molar refractivity (Wildman–Crippen MR) is 40.2 cm³/mol. The van der Waals surface area contributed by atoms with Gasteiger partial charge in [-0.25, -0.2) is 8.78 Å². The van der Waals surface area contributed by atoms with Gasteiger partial charge in [0.15, 0.2) is 0 Å². The smallest absolute Gasteiger partial charge is 0.264 e. The van der Waals surface area contributed by atoms with Crippen LogP contribution in [0.3, 0.4) is 0 Å². The average Bonchev–Trinajstić information content (AvgIpc) is 2.04. The normalized spacial score (nSPS) is 25.8. The molecule has 1 fully saturated rings. The third kappa shape index (κ3) is 1.93. The maximum atomic E-state index is 12.2. The van der Waals surface area contributed by atoms with E-state index in [0.29, 0.717) is 26.1 Å². The number of ether oxygens (including phenoxy) is 1. The van der Waals surface area contributed by atoms with Gasteiger partial charge in [-0.2, -0.15) is 0 Å². The second-order valence-corrected chi connectivity index (χ2v) is 3.55. The first kappa shape index (κ1) is 9.86. The van der Waals surface area contributed by atoms with Gasteiger partial charge in [0, 0.05) is 18.6 Å². The first-order valence-electron chi connectivity index (χ1n) is 4.10.